The van der Waals surface area contributed by atoms with Gasteiger partial charge in [-0.2, -0.15) is 13.2 Å². The topological polar surface area (TPSA) is 330 Å². The highest BCUT2D eigenvalue weighted by atomic mass is 19.4. The maximum atomic E-state index is 13.7. The first kappa shape index (κ1) is 50.0. The summed E-state index contributed by atoms with van der Waals surface area (Å²) in [4.78, 5) is 109. The molecule has 0 bridgehead atoms. The molecule has 0 radical (unpaired) electrons. The lowest BCUT2D eigenvalue weighted by Gasteiger charge is -2.27. The van der Waals surface area contributed by atoms with Gasteiger partial charge in [0.15, 0.2) is 0 Å². The number of fused-ring (bicyclic) bond motifs is 1. The zero-order valence-corrected chi connectivity index (χ0v) is 32.5. The molecule has 0 saturated heterocycles. The summed E-state index contributed by atoms with van der Waals surface area (Å²) in [5.41, 5.74) is 14.3. The molecule has 1 aromatic heterocycles. The number of amides is 7. The lowest BCUT2D eigenvalue weighted by molar-refractivity contribution is -0.368. The molecule has 322 valence electrons. The molecule has 1 aromatic carbocycles. The summed E-state index contributed by atoms with van der Waals surface area (Å²) in [6.45, 7) is 7.28. The third-order valence-electron chi connectivity index (χ3n) is 8.07. The Kier molecular flexibility index (Phi) is 20.6. The quantitative estimate of drug-likeness (QED) is 0.0510. The number of carbonyl (C=O) groups is 8. The van der Waals surface area contributed by atoms with Crippen LogP contribution in [0.15, 0.2) is 33.5 Å². The molecular weight excluding hydrogens is 777 g/mol. The number of anilines is 1. The second kappa shape index (κ2) is 23.9. The molecule has 2 rings (SSSR count). The van der Waals surface area contributed by atoms with Crippen LogP contribution in [0, 0.1) is 5.92 Å². The number of nitrogens with two attached hydrogens (primary N) is 2. The number of aliphatic carboxylic acids is 1. The lowest BCUT2D eigenvalue weighted by Crippen LogP contribution is -2.58. The summed E-state index contributed by atoms with van der Waals surface area (Å²) in [7, 11) is 0. The number of halogens is 3. The Hall–Kier alpha value is -6.06. The summed E-state index contributed by atoms with van der Waals surface area (Å²) < 4.78 is 36.8. The van der Waals surface area contributed by atoms with Crippen molar-refractivity contribution in [1.82, 2.24) is 21.3 Å². The van der Waals surface area contributed by atoms with Crippen LogP contribution in [0.2, 0.25) is 0 Å². The van der Waals surface area contributed by atoms with E-state index in [1.165, 1.54) is 25.1 Å². The number of benzene rings is 1. The highest BCUT2D eigenvalue weighted by Gasteiger charge is 2.32. The highest BCUT2D eigenvalue weighted by Crippen LogP contribution is 2.22. The number of carbonyl (C=O) groups excluding carboxylic acids is 8. The summed E-state index contributed by atoms with van der Waals surface area (Å²) in [6.07, 6.45) is -3.88. The molecule has 0 unspecified atom stereocenters. The molecule has 12 N–H and O–H groups in total. The minimum absolute atomic E-state index is 0.0770. The van der Waals surface area contributed by atoms with E-state index in [0.717, 1.165) is 6.07 Å². The van der Waals surface area contributed by atoms with Crippen LogP contribution in [0.25, 0.3) is 11.0 Å². The van der Waals surface area contributed by atoms with Gasteiger partial charge in [-0.25, -0.2) is 4.79 Å². The van der Waals surface area contributed by atoms with E-state index in [1.54, 1.807) is 6.92 Å². The van der Waals surface area contributed by atoms with Crippen molar-refractivity contribution in [2.45, 2.75) is 109 Å². The fourth-order valence-electron chi connectivity index (χ4n) is 5.34. The van der Waals surface area contributed by atoms with Gasteiger partial charge >= 0.3 is 11.8 Å². The highest BCUT2D eigenvalue weighted by molar-refractivity contribution is 6.00. The number of nitrogens with one attached hydrogen (secondary N) is 5. The van der Waals surface area contributed by atoms with Gasteiger partial charge in [-0.05, 0) is 62.1 Å². The predicted molar refractivity (Wildman–Crippen MR) is 198 cm³/mol. The van der Waals surface area contributed by atoms with Crippen molar-refractivity contribution >= 4 is 64.0 Å². The zero-order chi connectivity index (χ0) is 44.3. The van der Waals surface area contributed by atoms with E-state index in [-0.39, 0.29) is 55.7 Å². The number of carboxylic acids is 1. The summed E-state index contributed by atoms with van der Waals surface area (Å²) in [5.74, 6) is -7.48. The van der Waals surface area contributed by atoms with Crippen LogP contribution >= 0.6 is 0 Å². The van der Waals surface area contributed by atoms with Crippen molar-refractivity contribution in [3.63, 3.8) is 0 Å². The molecule has 0 saturated carbocycles. The fraction of sp³-hybridized carbons (Fsp3) is 0.528. The third-order valence-corrected chi connectivity index (χ3v) is 8.07. The van der Waals surface area contributed by atoms with Crippen molar-refractivity contribution in [1.29, 1.82) is 0 Å². The largest absolute Gasteiger partial charge is 0.542 e. The zero-order valence-electron chi connectivity index (χ0n) is 32.5. The van der Waals surface area contributed by atoms with Crippen molar-refractivity contribution in [3.05, 3.63) is 40.2 Å². The molecule has 7 amide bonds. The maximum absolute atomic E-state index is 13.7. The van der Waals surface area contributed by atoms with Crippen LogP contribution in [-0.4, -0.2) is 84.2 Å². The second-order valence-electron chi connectivity index (χ2n) is 13.5. The summed E-state index contributed by atoms with van der Waals surface area (Å²) in [5, 5.41) is 22.4. The van der Waals surface area contributed by atoms with Crippen LogP contribution in [0.3, 0.4) is 0 Å². The summed E-state index contributed by atoms with van der Waals surface area (Å²) in [6, 6.07) is 1.24. The van der Waals surface area contributed by atoms with Crippen LogP contribution in [0.4, 0.5) is 18.9 Å². The van der Waals surface area contributed by atoms with Gasteiger partial charge in [-0.15, -0.1) is 0 Å². The first-order valence-electron chi connectivity index (χ1n) is 18.2. The number of hydrogen-bond acceptors (Lipinski definition) is 11. The van der Waals surface area contributed by atoms with E-state index in [2.05, 4.69) is 32.3 Å². The first-order chi connectivity index (χ1) is 27.0. The minimum atomic E-state index is -5.19. The number of hydrogen-bond donors (Lipinski definition) is 8. The van der Waals surface area contributed by atoms with Crippen molar-refractivity contribution in [2.75, 3.05) is 11.9 Å². The van der Waals surface area contributed by atoms with E-state index >= 15 is 0 Å². The second-order valence-corrected chi connectivity index (χ2v) is 13.5. The maximum Gasteiger partial charge on any atom is 0.430 e. The van der Waals surface area contributed by atoms with Gasteiger partial charge < -0.3 is 58.1 Å². The Labute approximate surface area is 330 Å². The lowest BCUT2D eigenvalue weighted by atomic mass is 10.0. The van der Waals surface area contributed by atoms with Crippen molar-refractivity contribution < 1.29 is 66.8 Å². The van der Waals surface area contributed by atoms with Gasteiger partial charge in [0.05, 0.1) is 13.0 Å². The van der Waals surface area contributed by atoms with Crippen molar-refractivity contribution in [2.24, 2.45) is 17.4 Å². The Morgan fingerprint density at radius 2 is 1.36 bits per heavy atom. The summed E-state index contributed by atoms with van der Waals surface area (Å²) >= 11 is 0. The molecule has 2 aromatic rings. The van der Waals surface area contributed by atoms with Gasteiger partial charge in [0, 0.05) is 36.6 Å². The third kappa shape index (κ3) is 18.3. The van der Waals surface area contributed by atoms with Crippen LogP contribution in [0.5, 0.6) is 0 Å². The molecule has 0 aliphatic heterocycles. The van der Waals surface area contributed by atoms with Crippen LogP contribution in [0.1, 0.15) is 78.2 Å². The molecule has 4 atom stereocenters. The van der Waals surface area contributed by atoms with E-state index in [9.17, 15) is 51.5 Å². The first-order valence-corrected chi connectivity index (χ1v) is 18.2. The average molecular weight is 829 g/mol. The molecular formula is C36H51F3N8O11. The number of primary amides is 2. The normalized spacial score (nSPS) is 13.1. The standard InChI is InChI=1S/C34H50N8O9.C2HF3O2/c1-5-23(38-19(4)43)31(47)40-24(8-6-7-13-35)33(49)42-26(14-18(2)3)34(50)41-25(11-12-28(36)44)32(48)39-21-9-10-22-20(15-29(37)45)16-30(46)51-27(22)17-21;3-2(4,5)1(6)7/h9-10,16-18,23-26H,5-8,11-15,35H2,1-4H3,(H2,36,44)(H2,37,45)(H,38,43)(H,39,48)(H,40,47)(H,41,50)(H,42,49);(H,6,7)/t23-,24-,25-,26-;/m0./s1. The number of alkyl halides is 3. The van der Waals surface area contributed by atoms with Gasteiger partial charge in [-0.1, -0.05) is 20.8 Å². The van der Waals surface area contributed by atoms with Crippen LogP contribution < -0.4 is 54.5 Å². The Bertz CT molecular complexity index is 1850. The van der Waals surface area contributed by atoms with Crippen LogP contribution in [-0.2, 0) is 44.8 Å². The smallest absolute Gasteiger partial charge is 0.430 e. The molecule has 0 aliphatic carbocycles. The Balaban J connectivity index is 0.00000219. The number of quaternary nitrogens is 1. The Morgan fingerprint density at radius 1 is 0.810 bits per heavy atom. The molecule has 19 nitrogen and oxygen atoms in total. The van der Waals surface area contributed by atoms with E-state index in [1.807, 2.05) is 13.8 Å². The van der Waals surface area contributed by atoms with Gasteiger partial charge in [0.2, 0.25) is 41.4 Å². The predicted octanol–water partition coefficient (Wildman–Crippen LogP) is -1.85. The van der Waals surface area contributed by atoms with Gasteiger partial charge in [0.25, 0.3) is 0 Å². The van der Waals surface area contributed by atoms with E-state index in [4.69, 9.17) is 25.8 Å². The van der Waals surface area contributed by atoms with Crippen molar-refractivity contribution in [3.8, 4) is 0 Å². The molecule has 22 heteroatoms. The fourth-order valence-corrected chi connectivity index (χ4v) is 5.34. The number of rotatable bonds is 21. The number of carboxylic acid groups (broad SMARTS) is 1. The van der Waals surface area contributed by atoms with E-state index in [0.29, 0.717) is 30.3 Å². The van der Waals surface area contributed by atoms with E-state index < -0.39 is 83.3 Å². The average Bonchev–Trinajstić information content (AvgIpc) is 3.10. The Morgan fingerprint density at radius 3 is 1.86 bits per heavy atom. The van der Waals surface area contributed by atoms with Gasteiger partial charge in [-0.3, -0.25) is 33.6 Å². The number of unbranched alkanes of at least 4 members (excludes halogenated alkanes) is 1. The van der Waals surface area contributed by atoms with Gasteiger partial charge in [0.1, 0.15) is 35.7 Å². The molecule has 0 aliphatic rings. The monoisotopic (exact) mass is 828 g/mol. The molecule has 58 heavy (non-hydrogen) atoms. The molecule has 1 heterocycles. The minimum Gasteiger partial charge on any atom is -0.542 e. The SMILES string of the molecule is CC[C@H](NC(C)=O)C(=O)N[C@@H](CCCC[NH3+])C(=O)N[C@@H](CC(C)C)C(=O)N[C@@H](CCC(N)=O)C(=O)Nc1ccc2c(CC(N)=O)cc(=O)oc2c1.O=C([O-])C(F)(F)F. The molecule has 0 spiro atoms. The molecule has 0 fully saturated rings.